The zero-order valence-corrected chi connectivity index (χ0v) is 17.6. The Labute approximate surface area is 181 Å². The van der Waals surface area contributed by atoms with Crippen LogP contribution in [0.4, 0.5) is 11.5 Å². The summed E-state index contributed by atoms with van der Waals surface area (Å²) in [6.07, 6.45) is 2.83. The van der Waals surface area contributed by atoms with Gasteiger partial charge in [-0.05, 0) is 29.7 Å². The maximum Gasteiger partial charge on any atom is 0.272 e. The van der Waals surface area contributed by atoms with Crippen LogP contribution in [0.1, 0.15) is 36.7 Å². The fourth-order valence-corrected chi connectivity index (χ4v) is 4.03. The lowest BCUT2D eigenvalue weighted by molar-refractivity contribution is -0.121. The topological polar surface area (TPSA) is 95.3 Å². The molecule has 1 unspecified atom stereocenters. The molecule has 1 aromatic heterocycles. The summed E-state index contributed by atoms with van der Waals surface area (Å²) in [6.45, 7) is 2.62. The number of unbranched alkanes of at least 4 members (excludes halogenated alkanes) is 1. The molecule has 2 heterocycles. The molecule has 1 fully saturated rings. The van der Waals surface area contributed by atoms with E-state index in [1.54, 1.807) is 9.80 Å². The van der Waals surface area contributed by atoms with E-state index in [0.29, 0.717) is 12.2 Å². The van der Waals surface area contributed by atoms with Crippen molar-refractivity contribution in [2.24, 2.45) is 0 Å². The summed E-state index contributed by atoms with van der Waals surface area (Å²) in [6, 6.07) is 19.5. The van der Waals surface area contributed by atoms with Crippen molar-refractivity contribution in [3.8, 4) is 11.1 Å². The minimum atomic E-state index is -0.240. The number of benzene rings is 2. The lowest BCUT2D eigenvalue weighted by Crippen LogP contribution is -2.58. The van der Waals surface area contributed by atoms with Gasteiger partial charge in [0.25, 0.3) is 5.91 Å². The fraction of sp³-hybridized carbons (Fsp3) is 0.292. The summed E-state index contributed by atoms with van der Waals surface area (Å²) >= 11 is 0. The SMILES string of the molecule is CCCCC1CN(c2cccc(-c3ccccc3)c2)C(=O)CN1C(=O)c1cc(N)n[nH]1. The van der Waals surface area contributed by atoms with Crippen molar-refractivity contribution in [3.63, 3.8) is 0 Å². The largest absolute Gasteiger partial charge is 0.382 e. The monoisotopic (exact) mass is 417 g/mol. The van der Waals surface area contributed by atoms with Crippen LogP contribution in [-0.4, -0.2) is 46.0 Å². The van der Waals surface area contributed by atoms with Crippen LogP contribution in [0, 0.1) is 0 Å². The Morgan fingerprint density at radius 3 is 2.61 bits per heavy atom. The van der Waals surface area contributed by atoms with E-state index in [1.807, 2.05) is 42.5 Å². The Morgan fingerprint density at radius 2 is 1.90 bits per heavy atom. The molecule has 1 aliphatic heterocycles. The second-order valence-corrected chi connectivity index (χ2v) is 7.86. The van der Waals surface area contributed by atoms with Crippen LogP contribution in [0.25, 0.3) is 11.1 Å². The van der Waals surface area contributed by atoms with Gasteiger partial charge in [0, 0.05) is 18.3 Å². The number of amides is 2. The second kappa shape index (κ2) is 9.04. The van der Waals surface area contributed by atoms with Gasteiger partial charge in [0.15, 0.2) is 0 Å². The van der Waals surface area contributed by atoms with E-state index in [1.165, 1.54) is 6.07 Å². The highest BCUT2D eigenvalue weighted by molar-refractivity contribution is 6.01. The van der Waals surface area contributed by atoms with Gasteiger partial charge < -0.3 is 15.5 Å². The first-order chi connectivity index (χ1) is 15.1. The number of rotatable bonds is 6. The summed E-state index contributed by atoms with van der Waals surface area (Å²) in [5.41, 5.74) is 8.98. The van der Waals surface area contributed by atoms with Crippen molar-refractivity contribution in [1.82, 2.24) is 15.1 Å². The lowest BCUT2D eigenvalue weighted by atomic mass is 10.0. The van der Waals surface area contributed by atoms with Gasteiger partial charge in [-0.25, -0.2) is 0 Å². The summed E-state index contributed by atoms with van der Waals surface area (Å²) in [5.74, 6) is -0.0775. The molecule has 0 radical (unpaired) electrons. The van der Waals surface area contributed by atoms with Gasteiger partial charge in [0.1, 0.15) is 18.1 Å². The van der Waals surface area contributed by atoms with E-state index in [4.69, 9.17) is 5.73 Å². The molecular formula is C24H27N5O2. The number of hydrogen-bond acceptors (Lipinski definition) is 4. The van der Waals surface area contributed by atoms with Crippen LogP contribution in [0.3, 0.4) is 0 Å². The van der Waals surface area contributed by atoms with Crippen LogP contribution in [-0.2, 0) is 4.79 Å². The highest BCUT2D eigenvalue weighted by Gasteiger charge is 2.36. The highest BCUT2D eigenvalue weighted by atomic mass is 16.2. The summed E-state index contributed by atoms with van der Waals surface area (Å²) in [4.78, 5) is 29.6. The molecule has 1 saturated heterocycles. The third kappa shape index (κ3) is 4.45. The van der Waals surface area contributed by atoms with Crippen LogP contribution in [0.15, 0.2) is 60.7 Å². The van der Waals surface area contributed by atoms with Crippen molar-refractivity contribution < 1.29 is 9.59 Å². The average molecular weight is 418 g/mol. The van der Waals surface area contributed by atoms with E-state index in [2.05, 4.69) is 29.3 Å². The van der Waals surface area contributed by atoms with Crippen LogP contribution in [0.2, 0.25) is 0 Å². The van der Waals surface area contributed by atoms with Gasteiger partial charge in [0.2, 0.25) is 5.91 Å². The number of hydrogen-bond donors (Lipinski definition) is 2. The van der Waals surface area contributed by atoms with Crippen LogP contribution >= 0.6 is 0 Å². The minimum Gasteiger partial charge on any atom is -0.382 e. The molecule has 4 rings (SSSR count). The molecule has 1 atom stereocenters. The standard InChI is InChI=1S/C24H27N5O2/c1-2-3-11-20-15-28(19-12-7-10-18(13-19)17-8-5-4-6-9-17)23(30)16-29(20)24(31)21-14-22(25)27-26-21/h4-10,12-14,20H,2-3,11,15-16H2,1H3,(H3,25,26,27). The number of aromatic amines is 1. The quantitative estimate of drug-likeness (QED) is 0.639. The molecule has 0 bridgehead atoms. The normalized spacial score (nSPS) is 16.5. The number of aromatic nitrogens is 2. The molecule has 7 nitrogen and oxygen atoms in total. The lowest BCUT2D eigenvalue weighted by Gasteiger charge is -2.41. The molecule has 7 heteroatoms. The Balaban J connectivity index is 1.60. The van der Waals surface area contributed by atoms with E-state index >= 15 is 0 Å². The van der Waals surface area contributed by atoms with Crippen molar-refractivity contribution in [1.29, 1.82) is 0 Å². The van der Waals surface area contributed by atoms with E-state index in [-0.39, 0.29) is 30.2 Å². The Morgan fingerprint density at radius 1 is 1.13 bits per heavy atom. The molecule has 2 amide bonds. The molecule has 160 valence electrons. The number of anilines is 2. The third-order valence-corrected chi connectivity index (χ3v) is 5.69. The molecule has 1 aliphatic rings. The number of nitrogens with two attached hydrogens (primary N) is 1. The summed E-state index contributed by atoms with van der Waals surface area (Å²) in [7, 11) is 0. The van der Waals surface area contributed by atoms with Gasteiger partial charge in [-0.1, -0.05) is 62.2 Å². The van der Waals surface area contributed by atoms with Crippen LogP contribution in [0.5, 0.6) is 0 Å². The number of nitrogen functional groups attached to an aromatic ring is 1. The first-order valence-electron chi connectivity index (χ1n) is 10.6. The average Bonchev–Trinajstić information content (AvgIpc) is 3.24. The number of nitrogens with zero attached hydrogens (tertiary/aromatic N) is 3. The maximum absolute atomic E-state index is 13.1. The number of carbonyl (C=O) groups is 2. The first-order valence-corrected chi connectivity index (χ1v) is 10.6. The van der Waals surface area contributed by atoms with Gasteiger partial charge in [-0.15, -0.1) is 0 Å². The molecule has 31 heavy (non-hydrogen) atoms. The fourth-order valence-electron chi connectivity index (χ4n) is 4.03. The Hall–Kier alpha value is -3.61. The van der Waals surface area contributed by atoms with Crippen molar-refractivity contribution in [2.75, 3.05) is 23.7 Å². The summed E-state index contributed by atoms with van der Waals surface area (Å²) < 4.78 is 0. The zero-order chi connectivity index (χ0) is 21.8. The number of carbonyl (C=O) groups excluding carboxylic acids is 2. The molecule has 0 aliphatic carbocycles. The van der Waals surface area contributed by atoms with E-state index < -0.39 is 0 Å². The molecular weight excluding hydrogens is 390 g/mol. The second-order valence-electron chi connectivity index (χ2n) is 7.86. The number of H-pyrrole nitrogens is 1. The molecule has 2 aromatic carbocycles. The molecule has 3 N–H and O–H groups in total. The maximum atomic E-state index is 13.1. The Bertz CT molecular complexity index is 1060. The van der Waals surface area contributed by atoms with E-state index in [0.717, 1.165) is 36.1 Å². The molecule has 0 saturated carbocycles. The van der Waals surface area contributed by atoms with Gasteiger partial charge in [-0.3, -0.25) is 14.7 Å². The molecule has 3 aromatic rings. The van der Waals surface area contributed by atoms with E-state index in [9.17, 15) is 9.59 Å². The predicted molar refractivity (Wildman–Crippen MR) is 122 cm³/mol. The minimum absolute atomic E-state index is 0.0295. The highest BCUT2D eigenvalue weighted by Crippen LogP contribution is 2.28. The first kappa shape index (κ1) is 20.7. The van der Waals surface area contributed by atoms with Crippen molar-refractivity contribution in [3.05, 3.63) is 66.4 Å². The van der Waals surface area contributed by atoms with Gasteiger partial charge in [-0.2, -0.15) is 5.10 Å². The zero-order valence-electron chi connectivity index (χ0n) is 17.6. The van der Waals surface area contributed by atoms with Gasteiger partial charge >= 0.3 is 0 Å². The smallest absolute Gasteiger partial charge is 0.272 e. The molecule has 0 spiro atoms. The van der Waals surface area contributed by atoms with Crippen molar-refractivity contribution in [2.45, 2.75) is 32.2 Å². The predicted octanol–water partition coefficient (Wildman–Crippen LogP) is 3.71. The third-order valence-electron chi connectivity index (χ3n) is 5.69. The Kier molecular flexibility index (Phi) is 6.02. The van der Waals surface area contributed by atoms with Gasteiger partial charge in [0.05, 0.1) is 6.04 Å². The van der Waals surface area contributed by atoms with Crippen molar-refractivity contribution >= 4 is 23.3 Å². The summed E-state index contributed by atoms with van der Waals surface area (Å²) in [5, 5.41) is 6.52. The van der Waals surface area contributed by atoms with Crippen LogP contribution < -0.4 is 10.6 Å². The number of piperazine rings is 1. The number of nitrogens with one attached hydrogen (secondary N) is 1.